The number of nitrogens with two attached hydrogens (primary N) is 1. The standard InChI is InChI=1S/C15H18FN5O2.2ClH/c1-10-18-4-5-21(10)13-3-2-11(6-12(13)16)8-19-15(23)9-20-14(22)7-17;;/h2-6H,7-9,17H2,1H3,(H,19,23)(H,20,22);2*1H. The fraction of sp³-hybridized carbons (Fsp3) is 0.267. The van der Waals surface area contributed by atoms with E-state index in [2.05, 4.69) is 15.6 Å². The molecule has 4 N–H and O–H groups in total. The molecule has 138 valence electrons. The van der Waals surface area contributed by atoms with Gasteiger partial charge in [0, 0.05) is 18.9 Å². The van der Waals surface area contributed by atoms with Crippen molar-refractivity contribution in [1.82, 2.24) is 20.2 Å². The second-order valence-corrected chi connectivity index (χ2v) is 4.89. The van der Waals surface area contributed by atoms with Crippen molar-refractivity contribution in [1.29, 1.82) is 0 Å². The van der Waals surface area contributed by atoms with Crippen LogP contribution in [0.15, 0.2) is 30.6 Å². The fourth-order valence-electron chi connectivity index (χ4n) is 2.00. The van der Waals surface area contributed by atoms with Crippen LogP contribution < -0.4 is 16.4 Å². The zero-order valence-corrected chi connectivity index (χ0v) is 15.1. The Hall–Kier alpha value is -2.16. The summed E-state index contributed by atoms with van der Waals surface area (Å²) < 4.78 is 15.8. The van der Waals surface area contributed by atoms with E-state index in [1.165, 1.54) is 6.07 Å². The summed E-state index contributed by atoms with van der Waals surface area (Å²) in [7, 11) is 0. The summed E-state index contributed by atoms with van der Waals surface area (Å²) in [5.74, 6) is -0.511. The molecule has 2 aromatic rings. The molecule has 0 unspecified atom stereocenters. The van der Waals surface area contributed by atoms with E-state index in [0.29, 0.717) is 17.1 Å². The molecule has 1 aromatic carbocycles. The van der Waals surface area contributed by atoms with Gasteiger partial charge in [-0.1, -0.05) is 6.07 Å². The Bertz CT molecular complexity index is 724. The first-order valence-corrected chi connectivity index (χ1v) is 7.03. The van der Waals surface area contributed by atoms with Gasteiger partial charge < -0.3 is 20.9 Å². The average molecular weight is 392 g/mol. The summed E-state index contributed by atoms with van der Waals surface area (Å²) in [4.78, 5) is 26.5. The van der Waals surface area contributed by atoms with Crippen LogP contribution in [-0.2, 0) is 16.1 Å². The highest BCUT2D eigenvalue weighted by Gasteiger charge is 2.09. The zero-order valence-electron chi connectivity index (χ0n) is 13.5. The molecular weight excluding hydrogens is 372 g/mol. The van der Waals surface area contributed by atoms with Gasteiger partial charge in [-0.2, -0.15) is 0 Å². The topological polar surface area (TPSA) is 102 Å². The van der Waals surface area contributed by atoms with E-state index >= 15 is 0 Å². The van der Waals surface area contributed by atoms with Crippen molar-refractivity contribution in [2.24, 2.45) is 5.73 Å². The van der Waals surface area contributed by atoms with Crippen molar-refractivity contribution in [2.75, 3.05) is 13.1 Å². The molecular formula is C15H20Cl2FN5O2. The van der Waals surface area contributed by atoms with Gasteiger partial charge in [0.1, 0.15) is 11.6 Å². The first-order chi connectivity index (χ1) is 11.0. The van der Waals surface area contributed by atoms with E-state index in [4.69, 9.17) is 5.73 Å². The van der Waals surface area contributed by atoms with Crippen LogP contribution in [0.1, 0.15) is 11.4 Å². The number of hydrogen-bond donors (Lipinski definition) is 3. The molecule has 2 amide bonds. The van der Waals surface area contributed by atoms with E-state index in [9.17, 15) is 14.0 Å². The second kappa shape index (κ2) is 10.7. The number of aryl methyl sites for hydroxylation is 1. The molecule has 10 heteroatoms. The Morgan fingerprint density at radius 1 is 1.24 bits per heavy atom. The molecule has 25 heavy (non-hydrogen) atoms. The van der Waals surface area contributed by atoms with Gasteiger partial charge in [-0.05, 0) is 24.6 Å². The van der Waals surface area contributed by atoms with Crippen molar-refractivity contribution in [3.8, 4) is 5.69 Å². The Kier molecular flexibility index (Phi) is 9.73. The molecule has 7 nitrogen and oxygen atoms in total. The smallest absolute Gasteiger partial charge is 0.239 e. The normalized spacial score (nSPS) is 9.56. The number of nitrogens with one attached hydrogen (secondary N) is 2. The number of hydrogen-bond acceptors (Lipinski definition) is 4. The van der Waals surface area contributed by atoms with Crippen LogP contribution in [0.25, 0.3) is 5.69 Å². The monoisotopic (exact) mass is 391 g/mol. The van der Waals surface area contributed by atoms with Gasteiger partial charge in [0.2, 0.25) is 11.8 Å². The molecule has 2 rings (SSSR count). The molecule has 0 saturated heterocycles. The third kappa shape index (κ3) is 6.33. The number of aromatic nitrogens is 2. The van der Waals surface area contributed by atoms with Gasteiger partial charge in [0.15, 0.2) is 0 Å². The minimum absolute atomic E-state index is 0. The molecule has 0 aliphatic carbocycles. The number of carbonyl (C=O) groups is 2. The van der Waals surface area contributed by atoms with Gasteiger partial charge in [-0.15, -0.1) is 24.8 Å². The molecule has 0 aliphatic rings. The third-order valence-corrected chi connectivity index (χ3v) is 3.22. The van der Waals surface area contributed by atoms with Gasteiger partial charge in [0.05, 0.1) is 18.8 Å². The minimum atomic E-state index is -0.411. The van der Waals surface area contributed by atoms with E-state index in [1.54, 1.807) is 36.0 Å². The molecule has 0 spiro atoms. The second-order valence-electron chi connectivity index (χ2n) is 4.89. The first-order valence-electron chi connectivity index (χ1n) is 7.03. The largest absolute Gasteiger partial charge is 0.350 e. The summed E-state index contributed by atoms with van der Waals surface area (Å²) in [5.41, 5.74) is 6.12. The number of benzene rings is 1. The number of nitrogens with zero attached hydrogens (tertiary/aromatic N) is 2. The third-order valence-electron chi connectivity index (χ3n) is 3.22. The Balaban J connectivity index is 0.00000288. The highest BCUT2D eigenvalue weighted by molar-refractivity contribution is 5.86. The minimum Gasteiger partial charge on any atom is -0.350 e. The predicted molar refractivity (Wildman–Crippen MR) is 96.7 cm³/mol. The Morgan fingerprint density at radius 2 is 1.96 bits per heavy atom. The fourth-order valence-corrected chi connectivity index (χ4v) is 2.00. The van der Waals surface area contributed by atoms with Gasteiger partial charge in [-0.25, -0.2) is 9.37 Å². The highest BCUT2D eigenvalue weighted by Crippen LogP contribution is 2.16. The van der Waals surface area contributed by atoms with Gasteiger partial charge in [0.25, 0.3) is 0 Å². The predicted octanol–water partition coefficient (Wildman–Crippen LogP) is 0.855. The van der Waals surface area contributed by atoms with Crippen LogP contribution in [0, 0.1) is 12.7 Å². The lowest BCUT2D eigenvalue weighted by atomic mass is 10.2. The molecule has 0 bridgehead atoms. The summed E-state index contributed by atoms with van der Waals surface area (Å²) in [6.07, 6.45) is 3.27. The molecule has 0 aliphatic heterocycles. The summed E-state index contributed by atoms with van der Waals surface area (Å²) >= 11 is 0. The maximum Gasteiger partial charge on any atom is 0.239 e. The van der Waals surface area contributed by atoms with Crippen LogP contribution in [0.5, 0.6) is 0 Å². The maximum absolute atomic E-state index is 14.2. The van der Waals surface area contributed by atoms with Gasteiger partial charge >= 0.3 is 0 Å². The number of halogens is 3. The lowest BCUT2D eigenvalue weighted by Crippen LogP contribution is -2.39. The van der Waals surface area contributed by atoms with Gasteiger partial charge in [-0.3, -0.25) is 9.59 Å². The molecule has 0 fully saturated rings. The molecule has 0 radical (unpaired) electrons. The summed E-state index contributed by atoms with van der Waals surface area (Å²) in [5, 5.41) is 4.94. The van der Waals surface area contributed by atoms with Crippen molar-refractivity contribution >= 4 is 36.6 Å². The molecule has 0 saturated carbocycles. The average Bonchev–Trinajstić information content (AvgIpc) is 2.96. The van der Waals surface area contributed by atoms with E-state index < -0.39 is 11.7 Å². The lowest BCUT2D eigenvalue weighted by molar-refractivity contribution is -0.125. The lowest BCUT2D eigenvalue weighted by Gasteiger charge is -2.10. The van der Waals surface area contributed by atoms with Crippen LogP contribution >= 0.6 is 24.8 Å². The number of carbonyl (C=O) groups excluding carboxylic acids is 2. The SMILES string of the molecule is Cc1nccn1-c1ccc(CNC(=O)CNC(=O)CN)cc1F.Cl.Cl. The molecule has 1 heterocycles. The summed E-state index contributed by atoms with van der Waals surface area (Å²) in [6, 6.07) is 4.70. The van der Waals surface area contributed by atoms with Crippen molar-refractivity contribution in [2.45, 2.75) is 13.5 Å². The van der Waals surface area contributed by atoms with E-state index in [1.807, 2.05) is 0 Å². The maximum atomic E-state index is 14.2. The van der Waals surface area contributed by atoms with Crippen molar-refractivity contribution < 1.29 is 14.0 Å². The number of rotatable bonds is 6. The Labute approximate surface area is 157 Å². The molecule has 1 aromatic heterocycles. The van der Waals surface area contributed by atoms with E-state index in [-0.39, 0.29) is 50.4 Å². The van der Waals surface area contributed by atoms with Crippen LogP contribution in [0.2, 0.25) is 0 Å². The summed E-state index contributed by atoms with van der Waals surface area (Å²) in [6.45, 7) is 1.61. The van der Waals surface area contributed by atoms with Crippen LogP contribution in [-0.4, -0.2) is 34.5 Å². The molecule has 0 atom stereocenters. The van der Waals surface area contributed by atoms with Crippen LogP contribution in [0.3, 0.4) is 0 Å². The van der Waals surface area contributed by atoms with Crippen molar-refractivity contribution in [3.63, 3.8) is 0 Å². The Morgan fingerprint density at radius 3 is 2.52 bits per heavy atom. The van der Waals surface area contributed by atoms with Crippen molar-refractivity contribution in [3.05, 3.63) is 47.8 Å². The number of amides is 2. The van der Waals surface area contributed by atoms with Crippen LogP contribution in [0.4, 0.5) is 4.39 Å². The van der Waals surface area contributed by atoms with E-state index in [0.717, 1.165) is 0 Å². The zero-order chi connectivity index (χ0) is 16.8. The number of imidazole rings is 1. The quantitative estimate of drug-likeness (QED) is 0.679. The first kappa shape index (κ1) is 22.8. The highest BCUT2D eigenvalue weighted by atomic mass is 35.5.